The number of thioether (sulfide) groups is 1. The van der Waals surface area contributed by atoms with Crippen LogP contribution in [0.3, 0.4) is 0 Å². The number of carbonyl (C=O) groups excluding carboxylic acids is 2. The first-order chi connectivity index (χ1) is 17.5. The van der Waals surface area contributed by atoms with E-state index in [1.807, 2.05) is 38.1 Å². The molecule has 0 aliphatic carbocycles. The van der Waals surface area contributed by atoms with Crippen molar-refractivity contribution in [2.24, 2.45) is 5.92 Å². The summed E-state index contributed by atoms with van der Waals surface area (Å²) in [5.41, 5.74) is 1.61. The number of aromatic nitrogens is 2. The number of hydrogen-bond acceptors (Lipinski definition) is 9. The van der Waals surface area contributed by atoms with Crippen molar-refractivity contribution in [2.75, 3.05) is 19.0 Å². The molecule has 0 saturated heterocycles. The Kier molecular flexibility index (Phi) is 8.91. The van der Waals surface area contributed by atoms with Crippen molar-refractivity contribution in [2.45, 2.75) is 24.3 Å². The molecule has 0 amide bonds. The molecule has 1 atom stereocenters. The van der Waals surface area contributed by atoms with Gasteiger partial charge in [-0.25, -0.2) is 14.6 Å². The number of benzene rings is 2. The molecule has 0 bridgehead atoms. The number of nitrogens with zero attached hydrogens (tertiary/aromatic N) is 2. The van der Waals surface area contributed by atoms with Crippen LogP contribution in [-0.4, -0.2) is 47.0 Å². The van der Waals surface area contributed by atoms with Gasteiger partial charge in [0.15, 0.2) is 4.34 Å². The van der Waals surface area contributed by atoms with Crippen LogP contribution in [0.25, 0.3) is 10.2 Å². The molecule has 0 spiro atoms. The van der Waals surface area contributed by atoms with Crippen LogP contribution in [0.15, 0.2) is 77.4 Å². The van der Waals surface area contributed by atoms with Gasteiger partial charge >= 0.3 is 11.9 Å². The average Bonchev–Trinajstić information content (AvgIpc) is 3.32. The second kappa shape index (κ2) is 12.5. The maximum atomic E-state index is 12.7. The monoisotopic (exact) mass is 522 g/mol. The fraction of sp³-hybridized carbons (Fsp3) is 0.259. The van der Waals surface area contributed by atoms with E-state index < -0.39 is 18.0 Å². The van der Waals surface area contributed by atoms with Gasteiger partial charge in [0.2, 0.25) is 0 Å². The molecule has 2 aromatic heterocycles. The third-order valence-corrected chi connectivity index (χ3v) is 7.23. The first-order valence-electron chi connectivity index (χ1n) is 11.5. The van der Waals surface area contributed by atoms with Crippen molar-refractivity contribution in [1.29, 1.82) is 0 Å². The largest absolute Gasteiger partial charge is 0.489 e. The SMILES string of the molecule is CC(C)COC(=O)c1ccccc1OCC(CSc1nc2ccccc2s1)OC(=O)c1cccnc1. The highest BCUT2D eigenvalue weighted by atomic mass is 32.2. The van der Waals surface area contributed by atoms with Crippen LogP contribution in [0, 0.1) is 5.92 Å². The normalized spacial score (nSPS) is 11.9. The summed E-state index contributed by atoms with van der Waals surface area (Å²) in [6.07, 6.45) is 2.45. The van der Waals surface area contributed by atoms with E-state index in [0.717, 1.165) is 14.6 Å². The minimum absolute atomic E-state index is 0.0539. The molecular weight excluding hydrogens is 496 g/mol. The topological polar surface area (TPSA) is 87.6 Å². The number of pyridine rings is 1. The van der Waals surface area contributed by atoms with Gasteiger partial charge in [0.05, 0.1) is 22.4 Å². The fourth-order valence-corrected chi connectivity index (χ4v) is 5.22. The lowest BCUT2D eigenvalue weighted by molar-refractivity contribution is 0.0233. The standard InChI is InChI=1S/C27H26N2O5S2/c1-18(2)15-33-26(31)21-9-3-5-11-23(21)32-16-20(34-25(30)19-8-7-13-28-14-19)17-35-27-29-22-10-4-6-12-24(22)36-27/h3-14,18,20H,15-17H2,1-2H3. The quantitative estimate of drug-likeness (QED) is 0.178. The molecule has 36 heavy (non-hydrogen) atoms. The fourth-order valence-electron chi connectivity index (χ4n) is 3.16. The van der Waals surface area contributed by atoms with Crippen LogP contribution >= 0.6 is 23.1 Å². The van der Waals surface area contributed by atoms with E-state index in [9.17, 15) is 9.59 Å². The van der Waals surface area contributed by atoms with Gasteiger partial charge < -0.3 is 14.2 Å². The molecule has 2 aromatic carbocycles. The Balaban J connectivity index is 1.46. The van der Waals surface area contributed by atoms with Gasteiger partial charge in [0.25, 0.3) is 0 Å². The molecule has 4 aromatic rings. The Hall–Kier alpha value is -3.43. The summed E-state index contributed by atoms with van der Waals surface area (Å²) in [5.74, 6) is 0.0704. The highest BCUT2D eigenvalue weighted by molar-refractivity contribution is 8.01. The molecule has 9 heteroatoms. The molecule has 186 valence electrons. The van der Waals surface area contributed by atoms with Crippen LogP contribution in [0.2, 0.25) is 0 Å². The second-order valence-corrected chi connectivity index (χ2v) is 10.6. The Morgan fingerprint density at radius 2 is 1.78 bits per heavy atom. The zero-order valence-electron chi connectivity index (χ0n) is 20.0. The summed E-state index contributed by atoms with van der Waals surface area (Å²) in [4.78, 5) is 33.9. The molecule has 0 aliphatic heterocycles. The summed E-state index contributed by atoms with van der Waals surface area (Å²) in [6.45, 7) is 4.32. The van der Waals surface area contributed by atoms with E-state index in [1.54, 1.807) is 53.9 Å². The summed E-state index contributed by atoms with van der Waals surface area (Å²) in [6, 6.07) is 18.1. The number of fused-ring (bicyclic) bond motifs is 1. The number of carbonyl (C=O) groups is 2. The average molecular weight is 523 g/mol. The molecule has 0 aliphatic rings. The number of para-hydroxylation sites is 2. The molecule has 0 fully saturated rings. The number of rotatable bonds is 11. The van der Waals surface area contributed by atoms with E-state index >= 15 is 0 Å². The predicted octanol–water partition coefficient (Wildman–Crippen LogP) is 5.90. The van der Waals surface area contributed by atoms with Crippen LogP contribution in [0.5, 0.6) is 5.75 Å². The first kappa shape index (κ1) is 25.7. The summed E-state index contributed by atoms with van der Waals surface area (Å²) in [7, 11) is 0. The van der Waals surface area contributed by atoms with Crippen LogP contribution in [-0.2, 0) is 9.47 Å². The zero-order chi connectivity index (χ0) is 25.3. The molecule has 4 rings (SSSR count). The van der Waals surface area contributed by atoms with Crippen molar-refractivity contribution in [3.63, 3.8) is 0 Å². The first-order valence-corrected chi connectivity index (χ1v) is 13.3. The number of thiazole rings is 1. The highest BCUT2D eigenvalue weighted by Gasteiger charge is 2.21. The Labute approximate surface area is 217 Å². The predicted molar refractivity (Wildman–Crippen MR) is 141 cm³/mol. The van der Waals surface area contributed by atoms with E-state index in [1.165, 1.54) is 18.0 Å². The third-order valence-electron chi connectivity index (χ3n) is 4.92. The molecule has 0 N–H and O–H groups in total. The van der Waals surface area contributed by atoms with Crippen molar-refractivity contribution in [1.82, 2.24) is 9.97 Å². The van der Waals surface area contributed by atoms with E-state index in [2.05, 4.69) is 9.97 Å². The van der Waals surface area contributed by atoms with Gasteiger partial charge in [-0.15, -0.1) is 11.3 Å². The van der Waals surface area contributed by atoms with Gasteiger partial charge in [0, 0.05) is 18.1 Å². The van der Waals surface area contributed by atoms with E-state index in [-0.39, 0.29) is 12.5 Å². The smallest absolute Gasteiger partial charge is 0.341 e. The molecule has 7 nitrogen and oxygen atoms in total. The lowest BCUT2D eigenvalue weighted by Crippen LogP contribution is -2.28. The molecule has 0 saturated carbocycles. The van der Waals surface area contributed by atoms with Crippen molar-refractivity contribution in [3.05, 3.63) is 84.2 Å². The van der Waals surface area contributed by atoms with E-state index in [0.29, 0.717) is 29.2 Å². The van der Waals surface area contributed by atoms with E-state index in [4.69, 9.17) is 14.2 Å². The van der Waals surface area contributed by atoms with Crippen LogP contribution in [0.1, 0.15) is 34.6 Å². The van der Waals surface area contributed by atoms with Crippen molar-refractivity contribution >= 4 is 45.3 Å². The maximum absolute atomic E-state index is 12.7. The Bertz CT molecular complexity index is 1280. The molecular formula is C27H26N2O5S2. The Morgan fingerprint density at radius 3 is 2.56 bits per heavy atom. The lowest BCUT2D eigenvalue weighted by Gasteiger charge is -2.19. The van der Waals surface area contributed by atoms with Gasteiger partial charge in [-0.1, -0.05) is 49.9 Å². The minimum Gasteiger partial charge on any atom is -0.489 e. The molecule has 1 unspecified atom stereocenters. The third kappa shape index (κ3) is 7.05. The van der Waals surface area contributed by atoms with Crippen molar-refractivity contribution in [3.8, 4) is 5.75 Å². The maximum Gasteiger partial charge on any atom is 0.341 e. The van der Waals surface area contributed by atoms with Gasteiger partial charge in [-0.3, -0.25) is 4.98 Å². The summed E-state index contributed by atoms with van der Waals surface area (Å²) in [5, 5.41) is 0. The van der Waals surface area contributed by atoms with Gasteiger partial charge in [-0.05, 0) is 42.3 Å². The summed E-state index contributed by atoms with van der Waals surface area (Å²) < 4.78 is 19.1. The highest BCUT2D eigenvalue weighted by Crippen LogP contribution is 2.30. The van der Waals surface area contributed by atoms with Gasteiger partial charge in [0.1, 0.15) is 24.0 Å². The van der Waals surface area contributed by atoms with Gasteiger partial charge in [-0.2, -0.15) is 0 Å². The van der Waals surface area contributed by atoms with Crippen LogP contribution in [0.4, 0.5) is 0 Å². The number of ether oxygens (including phenoxy) is 3. The lowest BCUT2D eigenvalue weighted by atomic mass is 10.2. The number of esters is 2. The Morgan fingerprint density at radius 1 is 0.972 bits per heavy atom. The molecule has 0 radical (unpaired) electrons. The van der Waals surface area contributed by atoms with Crippen LogP contribution < -0.4 is 4.74 Å². The number of hydrogen-bond donors (Lipinski definition) is 0. The molecule has 2 heterocycles. The summed E-state index contributed by atoms with van der Waals surface area (Å²) >= 11 is 3.07. The second-order valence-electron chi connectivity index (χ2n) is 8.33. The van der Waals surface area contributed by atoms with Crippen molar-refractivity contribution < 1.29 is 23.8 Å². The minimum atomic E-state index is -0.602. The zero-order valence-corrected chi connectivity index (χ0v) is 21.6.